The summed E-state index contributed by atoms with van der Waals surface area (Å²) in [6.45, 7) is 0. The van der Waals surface area contributed by atoms with E-state index in [1.165, 1.54) is 0 Å². The van der Waals surface area contributed by atoms with Crippen LogP contribution in [0.5, 0.6) is 5.75 Å². The van der Waals surface area contributed by atoms with Crippen molar-refractivity contribution in [1.29, 1.82) is 0 Å². The molecule has 0 amide bonds. The van der Waals surface area contributed by atoms with Crippen molar-refractivity contribution in [3.8, 4) is 16.9 Å². The van der Waals surface area contributed by atoms with Gasteiger partial charge in [0.2, 0.25) is 0 Å². The summed E-state index contributed by atoms with van der Waals surface area (Å²) < 4.78 is 0.779. The van der Waals surface area contributed by atoms with E-state index < -0.39 is 0 Å². The van der Waals surface area contributed by atoms with Gasteiger partial charge in [0.05, 0.1) is 5.02 Å². The maximum absolute atomic E-state index is 9.76. The molecule has 0 atom stereocenters. The van der Waals surface area contributed by atoms with Gasteiger partial charge >= 0.3 is 0 Å². The van der Waals surface area contributed by atoms with Gasteiger partial charge in [-0.3, -0.25) is 0 Å². The fourth-order valence-electron chi connectivity index (χ4n) is 1.42. The molecule has 0 bridgehead atoms. The Bertz CT molecular complexity index is 482. The van der Waals surface area contributed by atoms with Crippen LogP contribution in [0.25, 0.3) is 11.1 Å². The molecule has 0 heterocycles. The Morgan fingerprint density at radius 3 is 2.33 bits per heavy atom. The zero-order valence-corrected chi connectivity index (χ0v) is 10.1. The molecule has 1 N–H and O–H groups in total. The summed E-state index contributed by atoms with van der Waals surface area (Å²) in [5, 5.41) is 10.3. The highest BCUT2D eigenvalue weighted by molar-refractivity contribution is 9.10. The number of benzene rings is 2. The standard InChI is InChI=1S/C12H8BrClO/c13-9-6-7-10(15)11(12(9)14)8-4-2-1-3-5-8/h1-7,15H. The lowest BCUT2D eigenvalue weighted by molar-refractivity contribution is 0.477. The molecule has 0 saturated heterocycles. The van der Waals surface area contributed by atoms with Gasteiger partial charge in [-0.05, 0) is 33.6 Å². The highest BCUT2D eigenvalue weighted by Gasteiger charge is 2.11. The number of aromatic hydroxyl groups is 1. The third kappa shape index (κ3) is 2.01. The summed E-state index contributed by atoms with van der Waals surface area (Å²) in [5.41, 5.74) is 1.56. The van der Waals surface area contributed by atoms with Crippen LogP contribution in [0.15, 0.2) is 46.9 Å². The van der Waals surface area contributed by atoms with Crippen LogP contribution >= 0.6 is 27.5 Å². The summed E-state index contributed by atoms with van der Waals surface area (Å²) in [4.78, 5) is 0. The maximum atomic E-state index is 9.76. The van der Waals surface area contributed by atoms with Gasteiger partial charge in [0, 0.05) is 10.0 Å². The predicted molar refractivity (Wildman–Crippen MR) is 66.3 cm³/mol. The van der Waals surface area contributed by atoms with E-state index in [0.29, 0.717) is 10.6 Å². The van der Waals surface area contributed by atoms with Gasteiger partial charge in [0.25, 0.3) is 0 Å². The Morgan fingerprint density at radius 2 is 1.67 bits per heavy atom. The quantitative estimate of drug-likeness (QED) is 0.818. The van der Waals surface area contributed by atoms with Crippen LogP contribution in [-0.4, -0.2) is 5.11 Å². The maximum Gasteiger partial charge on any atom is 0.124 e. The molecular formula is C12H8BrClO. The summed E-state index contributed by atoms with van der Waals surface area (Å²) in [6.07, 6.45) is 0. The second-order valence-corrected chi connectivity index (χ2v) is 4.35. The van der Waals surface area contributed by atoms with Crippen LogP contribution in [0.1, 0.15) is 0 Å². The number of rotatable bonds is 1. The van der Waals surface area contributed by atoms with E-state index in [0.717, 1.165) is 10.0 Å². The molecule has 0 aliphatic heterocycles. The average molecular weight is 284 g/mol. The van der Waals surface area contributed by atoms with Gasteiger partial charge in [0.15, 0.2) is 0 Å². The SMILES string of the molecule is Oc1ccc(Br)c(Cl)c1-c1ccccc1. The highest BCUT2D eigenvalue weighted by atomic mass is 79.9. The van der Waals surface area contributed by atoms with E-state index >= 15 is 0 Å². The van der Waals surface area contributed by atoms with E-state index in [-0.39, 0.29) is 5.75 Å². The summed E-state index contributed by atoms with van der Waals surface area (Å²) in [7, 11) is 0. The lowest BCUT2D eigenvalue weighted by Crippen LogP contribution is -1.81. The van der Waals surface area contributed by atoms with Gasteiger partial charge in [-0.25, -0.2) is 0 Å². The average Bonchev–Trinajstić information content (AvgIpc) is 2.26. The highest BCUT2D eigenvalue weighted by Crippen LogP contribution is 2.39. The Balaban J connectivity index is 2.68. The number of hydrogen-bond donors (Lipinski definition) is 1. The molecule has 2 aromatic rings. The fraction of sp³-hybridized carbons (Fsp3) is 0. The zero-order chi connectivity index (χ0) is 10.8. The van der Waals surface area contributed by atoms with Gasteiger partial charge < -0.3 is 5.11 Å². The second kappa shape index (κ2) is 4.25. The minimum Gasteiger partial charge on any atom is -0.507 e. The first-order valence-electron chi connectivity index (χ1n) is 4.42. The van der Waals surface area contributed by atoms with Crippen molar-refractivity contribution in [1.82, 2.24) is 0 Å². The summed E-state index contributed by atoms with van der Waals surface area (Å²) in [5.74, 6) is 0.189. The third-order valence-electron chi connectivity index (χ3n) is 2.14. The van der Waals surface area contributed by atoms with Crippen LogP contribution in [0.4, 0.5) is 0 Å². The van der Waals surface area contributed by atoms with E-state index in [1.54, 1.807) is 12.1 Å². The van der Waals surface area contributed by atoms with Crippen molar-refractivity contribution in [3.05, 3.63) is 52.0 Å². The predicted octanol–water partition coefficient (Wildman–Crippen LogP) is 4.48. The third-order valence-corrected chi connectivity index (χ3v) is 3.42. The lowest BCUT2D eigenvalue weighted by Gasteiger charge is -2.08. The topological polar surface area (TPSA) is 20.2 Å². The second-order valence-electron chi connectivity index (χ2n) is 3.12. The monoisotopic (exact) mass is 282 g/mol. The first-order chi connectivity index (χ1) is 7.20. The Hall–Kier alpha value is -0.990. The molecule has 0 unspecified atom stereocenters. The first-order valence-corrected chi connectivity index (χ1v) is 5.59. The molecule has 0 aliphatic rings. The van der Waals surface area contributed by atoms with E-state index in [4.69, 9.17) is 11.6 Å². The van der Waals surface area contributed by atoms with Crippen molar-refractivity contribution in [2.24, 2.45) is 0 Å². The minimum absolute atomic E-state index is 0.189. The van der Waals surface area contributed by atoms with Gasteiger partial charge in [-0.15, -0.1) is 0 Å². The van der Waals surface area contributed by atoms with Crippen LogP contribution in [0.2, 0.25) is 5.02 Å². The van der Waals surface area contributed by atoms with Crippen molar-refractivity contribution in [2.75, 3.05) is 0 Å². The molecule has 0 spiro atoms. The smallest absolute Gasteiger partial charge is 0.124 e. The van der Waals surface area contributed by atoms with Crippen LogP contribution in [0, 0.1) is 0 Å². The van der Waals surface area contributed by atoms with E-state index in [2.05, 4.69) is 15.9 Å². The van der Waals surface area contributed by atoms with Crippen molar-refractivity contribution >= 4 is 27.5 Å². The molecule has 1 nitrogen and oxygen atoms in total. The minimum atomic E-state index is 0.189. The Kier molecular flexibility index (Phi) is 2.98. The molecule has 0 fully saturated rings. The molecule has 0 aromatic heterocycles. The number of hydrogen-bond acceptors (Lipinski definition) is 1. The molecular weight excluding hydrogens is 275 g/mol. The van der Waals surface area contributed by atoms with Crippen LogP contribution in [-0.2, 0) is 0 Å². The zero-order valence-electron chi connectivity index (χ0n) is 7.74. The molecule has 2 rings (SSSR count). The lowest BCUT2D eigenvalue weighted by atomic mass is 10.0. The number of phenolic OH excluding ortho intramolecular Hbond substituents is 1. The van der Waals surface area contributed by atoms with Gasteiger partial charge in [-0.2, -0.15) is 0 Å². The van der Waals surface area contributed by atoms with Crippen molar-refractivity contribution < 1.29 is 5.11 Å². The molecule has 0 radical (unpaired) electrons. The normalized spacial score (nSPS) is 10.3. The first kappa shape index (κ1) is 10.5. The fourth-order valence-corrected chi connectivity index (χ4v) is 2.02. The molecule has 0 saturated carbocycles. The largest absolute Gasteiger partial charge is 0.507 e. The van der Waals surface area contributed by atoms with Gasteiger partial charge in [0.1, 0.15) is 5.75 Å². The van der Waals surface area contributed by atoms with Crippen molar-refractivity contribution in [2.45, 2.75) is 0 Å². The Morgan fingerprint density at radius 1 is 1.00 bits per heavy atom. The summed E-state index contributed by atoms with van der Waals surface area (Å²) >= 11 is 9.46. The van der Waals surface area contributed by atoms with Crippen LogP contribution in [0.3, 0.4) is 0 Å². The number of halogens is 2. The molecule has 15 heavy (non-hydrogen) atoms. The van der Waals surface area contributed by atoms with Crippen molar-refractivity contribution in [3.63, 3.8) is 0 Å². The molecule has 0 aliphatic carbocycles. The molecule has 2 aromatic carbocycles. The van der Waals surface area contributed by atoms with Gasteiger partial charge in [-0.1, -0.05) is 41.9 Å². The van der Waals surface area contributed by atoms with E-state index in [9.17, 15) is 5.11 Å². The molecule has 3 heteroatoms. The Labute approximate surface area is 101 Å². The van der Waals surface area contributed by atoms with E-state index in [1.807, 2.05) is 30.3 Å². The van der Waals surface area contributed by atoms with Crippen LogP contribution < -0.4 is 0 Å². The number of phenols is 1. The molecule has 76 valence electrons. The summed E-state index contributed by atoms with van der Waals surface area (Å²) in [6, 6.07) is 12.9.